The summed E-state index contributed by atoms with van der Waals surface area (Å²) >= 11 is 0. The molecule has 1 aromatic heterocycles. The van der Waals surface area contributed by atoms with Crippen LogP contribution in [0, 0.1) is 11.3 Å². The maximum atomic E-state index is 13.0. The zero-order chi connectivity index (χ0) is 22.0. The fourth-order valence-corrected chi connectivity index (χ4v) is 4.08. The summed E-state index contributed by atoms with van der Waals surface area (Å²) in [6, 6.07) is 10.3. The average Bonchev–Trinajstić information content (AvgIpc) is 3.11. The quantitative estimate of drug-likeness (QED) is 0.785. The number of hydrogen-bond acceptors (Lipinski definition) is 5. The van der Waals surface area contributed by atoms with Gasteiger partial charge >= 0.3 is 6.18 Å². The van der Waals surface area contributed by atoms with E-state index in [1.165, 1.54) is 12.1 Å². The maximum absolute atomic E-state index is 13.0. The number of aromatic nitrogens is 1. The Morgan fingerprint density at radius 1 is 1.19 bits per heavy atom. The van der Waals surface area contributed by atoms with Crippen molar-refractivity contribution in [1.29, 1.82) is 5.26 Å². The van der Waals surface area contributed by atoms with Gasteiger partial charge in [-0.2, -0.15) is 18.4 Å². The van der Waals surface area contributed by atoms with Gasteiger partial charge in [0.25, 0.3) is 5.91 Å². The number of alkyl halides is 3. The third kappa shape index (κ3) is 4.53. The standard InChI is InChI=1S/C22H20F3N5O/c23-22(24,25)18-11-14(8-9-27-18)20-28-16-6-1-2-7-17(19(16)30-20)29-21(31)15-5-3-4-13(10-15)12-26/h3-5,8-11,16-17,19H,1-2,6-7H2,(H,28,30)(H,29,31)/t16?,17-,19?/m1/s1. The minimum atomic E-state index is -4.53. The highest BCUT2D eigenvalue weighted by atomic mass is 19.4. The maximum Gasteiger partial charge on any atom is 0.433 e. The van der Waals surface area contributed by atoms with Crippen LogP contribution in [0.1, 0.15) is 52.9 Å². The molecule has 2 heterocycles. The molecule has 4 rings (SSSR count). The number of pyridine rings is 1. The van der Waals surface area contributed by atoms with Gasteiger partial charge in [0, 0.05) is 17.3 Å². The van der Waals surface area contributed by atoms with E-state index in [0.717, 1.165) is 31.5 Å². The molecule has 31 heavy (non-hydrogen) atoms. The van der Waals surface area contributed by atoms with E-state index in [0.29, 0.717) is 28.9 Å². The topological polar surface area (TPSA) is 90.2 Å². The Hall–Kier alpha value is -3.41. The van der Waals surface area contributed by atoms with Gasteiger partial charge < -0.3 is 10.6 Å². The molecule has 3 atom stereocenters. The fraction of sp³-hybridized carbons (Fsp3) is 0.364. The smallest absolute Gasteiger partial charge is 0.365 e. The van der Waals surface area contributed by atoms with Gasteiger partial charge in [0.05, 0.1) is 29.8 Å². The van der Waals surface area contributed by atoms with E-state index >= 15 is 0 Å². The van der Waals surface area contributed by atoms with Crippen molar-refractivity contribution in [2.24, 2.45) is 4.99 Å². The van der Waals surface area contributed by atoms with E-state index in [1.54, 1.807) is 18.2 Å². The highest BCUT2D eigenvalue weighted by Gasteiger charge is 2.38. The zero-order valence-corrected chi connectivity index (χ0v) is 16.5. The largest absolute Gasteiger partial charge is 0.433 e. The van der Waals surface area contributed by atoms with Gasteiger partial charge in [0.1, 0.15) is 11.5 Å². The summed E-state index contributed by atoms with van der Waals surface area (Å²) in [4.78, 5) is 20.8. The van der Waals surface area contributed by atoms with Gasteiger partial charge in [-0.05, 0) is 43.2 Å². The summed E-state index contributed by atoms with van der Waals surface area (Å²) in [5.41, 5.74) is 0.136. The average molecular weight is 427 g/mol. The highest BCUT2D eigenvalue weighted by molar-refractivity contribution is 6.00. The third-order valence-electron chi connectivity index (χ3n) is 5.60. The molecule has 0 spiro atoms. The van der Waals surface area contributed by atoms with Crippen molar-refractivity contribution in [3.8, 4) is 6.07 Å². The first-order valence-electron chi connectivity index (χ1n) is 10.0. The SMILES string of the molecule is N#Cc1cccc(C(=O)N[C@@H]2CCCCC3NC(c4ccnc(C(F)(F)F)c4)=NC32)c1. The molecule has 1 amide bonds. The number of benzene rings is 1. The number of fused-ring (bicyclic) bond motifs is 1. The lowest BCUT2D eigenvalue weighted by molar-refractivity contribution is -0.141. The molecule has 160 valence electrons. The Balaban J connectivity index is 1.57. The zero-order valence-electron chi connectivity index (χ0n) is 16.5. The number of carbonyl (C=O) groups is 1. The molecule has 0 radical (unpaired) electrons. The van der Waals surface area contributed by atoms with Crippen molar-refractivity contribution in [1.82, 2.24) is 15.6 Å². The van der Waals surface area contributed by atoms with E-state index in [4.69, 9.17) is 5.26 Å². The predicted octanol–water partition coefficient (Wildman–Crippen LogP) is 3.43. The van der Waals surface area contributed by atoms with E-state index in [2.05, 4.69) is 20.6 Å². The molecule has 2 aliphatic rings. The number of hydrogen-bond donors (Lipinski definition) is 2. The molecule has 6 nitrogen and oxygen atoms in total. The molecule has 0 saturated heterocycles. The van der Waals surface area contributed by atoms with E-state index < -0.39 is 11.9 Å². The molecular formula is C22H20F3N5O. The fourth-order valence-electron chi connectivity index (χ4n) is 4.08. The van der Waals surface area contributed by atoms with E-state index in [-0.39, 0.29) is 24.0 Å². The normalized spacial score (nSPS) is 23.0. The van der Waals surface area contributed by atoms with Crippen LogP contribution in [-0.4, -0.2) is 34.9 Å². The Labute approximate surface area is 177 Å². The number of carbonyl (C=O) groups excluding carboxylic acids is 1. The van der Waals surface area contributed by atoms with E-state index in [1.807, 2.05) is 6.07 Å². The summed E-state index contributed by atoms with van der Waals surface area (Å²) in [5.74, 6) is 0.0881. The molecule has 1 aliphatic heterocycles. The Morgan fingerprint density at radius 3 is 2.77 bits per heavy atom. The van der Waals surface area contributed by atoms with Crippen molar-refractivity contribution < 1.29 is 18.0 Å². The number of nitrogens with one attached hydrogen (secondary N) is 2. The molecule has 9 heteroatoms. The first-order chi connectivity index (χ1) is 14.8. The van der Waals surface area contributed by atoms with Crippen molar-refractivity contribution in [3.05, 3.63) is 65.0 Å². The highest BCUT2D eigenvalue weighted by Crippen LogP contribution is 2.30. The van der Waals surface area contributed by atoms with Gasteiger partial charge in [-0.25, -0.2) is 0 Å². The number of halogens is 3. The molecule has 2 aromatic rings. The molecule has 2 unspecified atom stereocenters. The first kappa shape index (κ1) is 20.8. The number of rotatable bonds is 3. The van der Waals surface area contributed by atoms with E-state index in [9.17, 15) is 18.0 Å². The van der Waals surface area contributed by atoms with Crippen molar-refractivity contribution in [2.45, 2.75) is 50.0 Å². The number of amidine groups is 1. The van der Waals surface area contributed by atoms with Crippen LogP contribution < -0.4 is 10.6 Å². The molecular weight excluding hydrogens is 407 g/mol. The summed E-state index contributed by atoms with van der Waals surface area (Å²) in [5, 5.41) is 15.3. The number of aliphatic imine (C=N–C) groups is 1. The molecule has 1 aromatic carbocycles. The number of nitrogens with zero attached hydrogens (tertiary/aromatic N) is 3. The summed E-state index contributed by atoms with van der Waals surface area (Å²) in [7, 11) is 0. The van der Waals surface area contributed by atoms with Gasteiger partial charge in [-0.3, -0.25) is 14.8 Å². The van der Waals surface area contributed by atoms with Crippen LogP contribution in [0.3, 0.4) is 0 Å². The van der Waals surface area contributed by atoms with Crippen molar-refractivity contribution in [2.75, 3.05) is 0 Å². The van der Waals surface area contributed by atoms with Gasteiger partial charge in [0.15, 0.2) is 0 Å². The molecule has 1 fully saturated rings. The Kier molecular flexibility index (Phi) is 5.63. The van der Waals surface area contributed by atoms with Crippen LogP contribution in [0.4, 0.5) is 13.2 Å². The van der Waals surface area contributed by atoms with Crippen LogP contribution in [0.15, 0.2) is 47.6 Å². The number of nitriles is 1. The molecule has 1 aliphatic carbocycles. The minimum absolute atomic E-state index is 0.0734. The van der Waals surface area contributed by atoms with Crippen LogP contribution in [0.25, 0.3) is 0 Å². The lowest BCUT2D eigenvalue weighted by Crippen LogP contribution is -2.47. The van der Waals surface area contributed by atoms with Gasteiger partial charge in [-0.1, -0.05) is 18.9 Å². The Morgan fingerprint density at radius 2 is 2.00 bits per heavy atom. The Bertz CT molecular complexity index is 1060. The van der Waals surface area contributed by atoms with Crippen molar-refractivity contribution in [3.63, 3.8) is 0 Å². The van der Waals surface area contributed by atoms with Gasteiger partial charge in [0.2, 0.25) is 0 Å². The summed E-state index contributed by atoms with van der Waals surface area (Å²) in [6.07, 6.45) is -0.0436. The summed E-state index contributed by atoms with van der Waals surface area (Å²) in [6.45, 7) is 0. The van der Waals surface area contributed by atoms with Gasteiger partial charge in [-0.15, -0.1) is 0 Å². The second kappa shape index (κ2) is 8.38. The number of amides is 1. The lowest BCUT2D eigenvalue weighted by Gasteiger charge is -2.24. The third-order valence-corrected chi connectivity index (χ3v) is 5.60. The minimum Gasteiger partial charge on any atom is -0.365 e. The van der Waals surface area contributed by atoms with Crippen LogP contribution in [0.5, 0.6) is 0 Å². The molecule has 2 N–H and O–H groups in total. The second-order valence-electron chi connectivity index (χ2n) is 7.70. The van der Waals surface area contributed by atoms with Crippen LogP contribution in [-0.2, 0) is 6.18 Å². The molecule has 1 saturated carbocycles. The summed E-state index contributed by atoms with van der Waals surface area (Å²) < 4.78 is 39.1. The van der Waals surface area contributed by atoms with Crippen LogP contribution in [0.2, 0.25) is 0 Å². The monoisotopic (exact) mass is 427 g/mol. The second-order valence-corrected chi connectivity index (χ2v) is 7.70. The predicted molar refractivity (Wildman–Crippen MR) is 107 cm³/mol. The first-order valence-corrected chi connectivity index (χ1v) is 10.0. The lowest BCUT2D eigenvalue weighted by atomic mass is 9.99. The van der Waals surface area contributed by atoms with Crippen LogP contribution >= 0.6 is 0 Å². The van der Waals surface area contributed by atoms with Crippen molar-refractivity contribution >= 4 is 11.7 Å². The molecule has 0 bridgehead atoms.